The van der Waals surface area contributed by atoms with Gasteiger partial charge in [0.05, 0.1) is 5.69 Å². The summed E-state index contributed by atoms with van der Waals surface area (Å²) in [6, 6.07) is 0. The molecule has 0 saturated carbocycles. The molecule has 1 rings (SSSR count). The molecule has 1 heterocycles. The van der Waals surface area contributed by atoms with E-state index in [-0.39, 0.29) is 0 Å². The van der Waals surface area contributed by atoms with Crippen molar-refractivity contribution in [1.82, 2.24) is 15.5 Å². The Bertz CT molecular complexity index is 235. The number of aryl methyl sites for hydroxylation is 2. The molecule has 1 aromatic rings. The molecular weight excluding hydrogens is 164 g/mol. The summed E-state index contributed by atoms with van der Waals surface area (Å²) in [5.74, 6) is 0. The van der Waals surface area contributed by atoms with Crippen molar-refractivity contribution in [3.8, 4) is 0 Å². The number of nitrogens with zero attached hydrogens (tertiary/aromatic N) is 1. The third-order valence-electron chi connectivity index (χ3n) is 2.14. The molecule has 0 radical (unpaired) electrons. The zero-order chi connectivity index (χ0) is 9.68. The van der Waals surface area contributed by atoms with Crippen molar-refractivity contribution in [3.63, 3.8) is 0 Å². The Morgan fingerprint density at radius 1 is 1.46 bits per heavy atom. The van der Waals surface area contributed by atoms with Crippen LogP contribution in [0.1, 0.15) is 23.4 Å². The average Bonchev–Trinajstić information content (AvgIpc) is 2.42. The number of nitrogens with two attached hydrogens (primary N) is 1. The molecule has 4 nitrogen and oxygen atoms in total. The third-order valence-corrected chi connectivity index (χ3v) is 2.14. The fourth-order valence-electron chi connectivity index (χ4n) is 1.27. The van der Waals surface area contributed by atoms with Gasteiger partial charge in [0, 0.05) is 17.8 Å². The maximum Gasteiger partial charge on any atom is 0.0638 e. The van der Waals surface area contributed by atoms with E-state index < -0.39 is 0 Å². The van der Waals surface area contributed by atoms with E-state index in [1.54, 1.807) is 0 Å². The van der Waals surface area contributed by atoms with Crippen molar-refractivity contribution < 1.29 is 0 Å². The van der Waals surface area contributed by atoms with Crippen LogP contribution in [0.4, 0.5) is 0 Å². The van der Waals surface area contributed by atoms with E-state index in [4.69, 9.17) is 5.73 Å². The summed E-state index contributed by atoms with van der Waals surface area (Å²) >= 11 is 0. The summed E-state index contributed by atoms with van der Waals surface area (Å²) in [5, 5.41) is 10.4. The molecule has 0 aliphatic carbocycles. The van der Waals surface area contributed by atoms with Gasteiger partial charge in [0.2, 0.25) is 0 Å². The second-order valence-corrected chi connectivity index (χ2v) is 3.23. The van der Waals surface area contributed by atoms with Gasteiger partial charge >= 0.3 is 0 Å². The summed E-state index contributed by atoms with van der Waals surface area (Å²) in [4.78, 5) is 0. The molecule has 4 N–H and O–H groups in total. The van der Waals surface area contributed by atoms with Crippen molar-refractivity contribution in [2.24, 2.45) is 5.73 Å². The van der Waals surface area contributed by atoms with Crippen LogP contribution in [-0.2, 0) is 6.54 Å². The van der Waals surface area contributed by atoms with Gasteiger partial charge in [-0.3, -0.25) is 5.10 Å². The summed E-state index contributed by atoms with van der Waals surface area (Å²) in [5.41, 5.74) is 8.90. The number of aromatic nitrogens is 2. The van der Waals surface area contributed by atoms with E-state index in [1.807, 2.05) is 13.8 Å². The highest BCUT2D eigenvalue weighted by molar-refractivity contribution is 5.22. The molecule has 74 valence electrons. The Morgan fingerprint density at radius 2 is 2.23 bits per heavy atom. The van der Waals surface area contributed by atoms with Crippen molar-refractivity contribution >= 4 is 0 Å². The Labute approximate surface area is 78.9 Å². The van der Waals surface area contributed by atoms with Gasteiger partial charge in [-0.2, -0.15) is 5.10 Å². The summed E-state index contributed by atoms with van der Waals surface area (Å²) < 4.78 is 0. The van der Waals surface area contributed by atoms with Crippen LogP contribution in [0.3, 0.4) is 0 Å². The molecule has 0 spiro atoms. The second kappa shape index (κ2) is 4.99. The van der Waals surface area contributed by atoms with Gasteiger partial charge < -0.3 is 11.1 Å². The fraction of sp³-hybridized carbons (Fsp3) is 0.667. The maximum atomic E-state index is 5.39. The zero-order valence-electron chi connectivity index (χ0n) is 8.35. The van der Waals surface area contributed by atoms with Gasteiger partial charge in [0.1, 0.15) is 0 Å². The van der Waals surface area contributed by atoms with Crippen molar-refractivity contribution in [2.45, 2.75) is 26.8 Å². The SMILES string of the molecule is Cc1n[nH]c(C)c1CNCCCN. The summed E-state index contributed by atoms with van der Waals surface area (Å²) in [6.45, 7) is 6.66. The van der Waals surface area contributed by atoms with E-state index in [0.717, 1.165) is 37.4 Å². The largest absolute Gasteiger partial charge is 0.330 e. The Kier molecular flexibility index (Phi) is 3.92. The predicted molar refractivity (Wildman–Crippen MR) is 53.4 cm³/mol. The lowest BCUT2D eigenvalue weighted by molar-refractivity contribution is 0.652. The quantitative estimate of drug-likeness (QED) is 0.580. The molecule has 0 saturated heterocycles. The second-order valence-electron chi connectivity index (χ2n) is 3.23. The van der Waals surface area contributed by atoms with Crippen LogP contribution in [0.15, 0.2) is 0 Å². The molecular formula is C9H18N4. The Hall–Kier alpha value is -0.870. The Morgan fingerprint density at radius 3 is 2.77 bits per heavy atom. The zero-order valence-corrected chi connectivity index (χ0v) is 8.35. The van der Waals surface area contributed by atoms with E-state index >= 15 is 0 Å². The summed E-state index contributed by atoms with van der Waals surface area (Å²) in [6.07, 6.45) is 1.02. The average molecular weight is 182 g/mol. The van der Waals surface area contributed by atoms with E-state index in [9.17, 15) is 0 Å². The van der Waals surface area contributed by atoms with Gasteiger partial charge in [0.15, 0.2) is 0 Å². The molecule has 0 aliphatic rings. The molecule has 1 aromatic heterocycles. The molecule has 0 fully saturated rings. The van der Waals surface area contributed by atoms with Crippen LogP contribution >= 0.6 is 0 Å². The third kappa shape index (κ3) is 2.82. The van der Waals surface area contributed by atoms with Crippen LogP contribution in [0.25, 0.3) is 0 Å². The number of hydrogen-bond acceptors (Lipinski definition) is 3. The van der Waals surface area contributed by atoms with Crippen molar-refractivity contribution in [2.75, 3.05) is 13.1 Å². The molecule has 0 bridgehead atoms. The predicted octanol–water partition coefficient (Wildman–Crippen LogP) is 0.465. The molecule has 4 heteroatoms. The Balaban J connectivity index is 2.36. The first-order chi connectivity index (χ1) is 6.25. The first-order valence-corrected chi connectivity index (χ1v) is 4.67. The van der Waals surface area contributed by atoms with Crippen molar-refractivity contribution in [3.05, 3.63) is 17.0 Å². The minimum Gasteiger partial charge on any atom is -0.330 e. The van der Waals surface area contributed by atoms with Gasteiger partial charge in [-0.05, 0) is 33.4 Å². The van der Waals surface area contributed by atoms with Crippen LogP contribution in [0.2, 0.25) is 0 Å². The van der Waals surface area contributed by atoms with Gasteiger partial charge in [0.25, 0.3) is 0 Å². The molecule has 0 aromatic carbocycles. The molecule has 0 aliphatic heterocycles. The lowest BCUT2D eigenvalue weighted by Gasteiger charge is -2.03. The highest BCUT2D eigenvalue weighted by Gasteiger charge is 2.04. The number of rotatable bonds is 5. The highest BCUT2D eigenvalue weighted by atomic mass is 15.1. The van der Waals surface area contributed by atoms with Crippen LogP contribution in [0.5, 0.6) is 0 Å². The van der Waals surface area contributed by atoms with Crippen LogP contribution < -0.4 is 11.1 Å². The van der Waals surface area contributed by atoms with Crippen LogP contribution in [-0.4, -0.2) is 23.3 Å². The maximum absolute atomic E-state index is 5.39. The fourth-order valence-corrected chi connectivity index (χ4v) is 1.27. The monoisotopic (exact) mass is 182 g/mol. The van der Waals surface area contributed by atoms with Gasteiger partial charge in [-0.15, -0.1) is 0 Å². The van der Waals surface area contributed by atoms with Gasteiger partial charge in [-0.25, -0.2) is 0 Å². The first-order valence-electron chi connectivity index (χ1n) is 4.67. The first kappa shape index (κ1) is 10.2. The molecule has 0 unspecified atom stereocenters. The smallest absolute Gasteiger partial charge is 0.0638 e. The minimum atomic E-state index is 0.746. The van der Waals surface area contributed by atoms with Gasteiger partial charge in [-0.1, -0.05) is 0 Å². The summed E-state index contributed by atoms with van der Waals surface area (Å²) in [7, 11) is 0. The highest BCUT2D eigenvalue weighted by Crippen LogP contribution is 2.07. The van der Waals surface area contributed by atoms with Crippen LogP contribution in [0, 0.1) is 13.8 Å². The number of hydrogen-bond donors (Lipinski definition) is 3. The standard InChI is InChI=1S/C9H18N4/c1-7-9(8(2)13-12-7)6-11-5-3-4-10/h11H,3-6,10H2,1-2H3,(H,12,13). The van der Waals surface area contributed by atoms with Crippen molar-refractivity contribution in [1.29, 1.82) is 0 Å². The lowest BCUT2D eigenvalue weighted by atomic mass is 10.2. The molecule has 0 atom stereocenters. The number of nitrogens with one attached hydrogen (secondary N) is 2. The van der Waals surface area contributed by atoms with E-state index in [1.165, 1.54) is 5.56 Å². The molecule has 13 heavy (non-hydrogen) atoms. The minimum absolute atomic E-state index is 0.746. The normalized spacial score (nSPS) is 10.7. The lowest BCUT2D eigenvalue weighted by Crippen LogP contribution is -2.18. The topological polar surface area (TPSA) is 66.7 Å². The number of aromatic amines is 1. The van der Waals surface area contributed by atoms with E-state index in [0.29, 0.717) is 0 Å². The number of H-pyrrole nitrogens is 1. The molecule has 0 amide bonds. The van der Waals surface area contributed by atoms with E-state index in [2.05, 4.69) is 15.5 Å².